The molecule has 1 unspecified atom stereocenters. The SMILES string of the molecule is CCCCOc1ccc2c(c1OCCCC1CCNC1)C(=O)c1ccccc1-2. The molecule has 28 heavy (non-hydrogen) atoms. The molecule has 4 rings (SSSR count). The lowest BCUT2D eigenvalue weighted by Gasteiger charge is -2.16. The molecule has 0 spiro atoms. The summed E-state index contributed by atoms with van der Waals surface area (Å²) < 4.78 is 12.2. The van der Waals surface area contributed by atoms with Crippen molar-refractivity contribution in [1.29, 1.82) is 0 Å². The maximum atomic E-state index is 13.1. The van der Waals surface area contributed by atoms with Gasteiger partial charge in [-0.2, -0.15) is 0 Å². The molecule has 1 heterocycles. The molecule has 4 nitrogen and oxygen atoms in total. The predicted molar refractivity (Wildman–Crippen MR) is 111 cm³/mol. The van der Waals surface area contributed by atoms with Crippen LogP contribution >= 0.6 is 0 Å². The van der Waals surface area contributed by atoms with E-state index in [0.29, 0.717) is 30.3 Å². The van der Waals surface area contributed by atoms with Crippen molar-refractivity contribution in [3.63, 3.8) is 0 Å². The van der Waals surface area contributed by atoms with E-state index >= 15 is 0 Å². The first-order valence-corrected chi connectivity index (χ1v) is 10.6. The number of ketones is 1. The summed E-state index contributed by atoms with van der Waals surface area (Å²) in [4.78, 5) is 13.1. The number of hydrogen-bond donors (Lipinski definition) is 1. The van der Waals surface area contributed by atoms with Crippen LogP contribution < -0.4 is 14.8 Å². The highest BCUT2D eigenvalue weighted by molar-refractivity contribution is 6.23. The van der Waals surface area contributed by atoms with Gasteiger partial charge in [0.1, 0.15) is 0 Å². The standard InChI is InChI=1S/C24H29NO3/c1-2-3-14-27-21-11-10-19-18-8-4-5-9-20(18)23(26)22(19)24(21)28-15-6-7-17-12-13-25-16-17/h4-5,8-11,17,25H,2-3,6-7,12-16H2,1H3. The molecule has 1 aliphatic heterocycles. The second-order valence-corrected chi connectivity index (χ2v) is 7.74. The monoisotopic (exact) mass is 379 g/mol. The number of ether oxygens (including phenoxy) is 2. The van der Waals surface area contributed by atoms with Crippen LogP contribution in [0.4, 0.5) is 0 Å². The van der Waals surface area contributed by atoms with Crippen molar-refractivity contribution in [2.75, 3.05) is 26.3 Å². The van der Waals surface area contributed by atoms with E-state index in [-0.39, 0.29) is 5.78 Å². The molecular formula is C24H29NO3. The lowest BCUT2D eigenvalue weighted by molar-refractivity contribution is 0.103. The molecule has 0 aromatic heterocycles. The Kier molecular flexibility index (Phi) is 5.96. The first kappa shape index (κ1) is 19.0. The highest BCUT2D eigenvalue weighted by atomic mass is 16.5. The molecule has 0 saturated carbocycles. The quantitative estimate of drug-likeness (QED) is 0.540. The Morgan fingerprint density at radius 2 is 1.82 bits per heavy atom. The molecule has 1 saturated heterocycles. The fraction of sp³-hybridized carbons (Fsp3) is 0.458. The molecule has 1 fully saturated rings. The predicted octanol–water partition coefficient (Wildman–Crippen LogP) is 4.85. The summed E-state index contributed by atoms with van der Waals surface area (Å²) >= 11 is 0. The maximum absolute atomic E-state index is 13.1. The van der Waals surface area contributed by atoms with Gasteiger partial charge in [0.25, 0.3) is 0 Å². The van der Waals surface area contributed by atoms with Gasteiger partial charge in [0.05, 0.1) is 18.8 Å². The molecule has 2 aliphatic rings. The van der Waals surface area contributed by atoms with Gasteiger partial charge in [0, 0.05) is 5.56 Å². The molecule has 148 valence electrons. The molecule has 0 amide bonds. The first-order valence-electron chi connectivity index (χ1n) is 10.6. The van der Waals surface area contributed by atoms with E-state index in [1.54, 1.807) is 0 Å². The molecule has 1 atom stereocenters. The Balaban J connectivity index is 1.55. The van der Waals surface area contributed by atoms with Crippen molar-refractivity contribution < 1.29 is 14.3 Å². The van der Waals surface area contributed by atoms with Crippen LogP contribution in [0.25, 0.3) is 11.1 Å². The summed E-state index contributed by atoms with van der Waals surface area (Å²) in [7, 11) is 0. The third-order valence-electron chi connectivity index (χ3n) is 5.73. The van der Waals surface area contributed by atoms with Crippen molar-refractivity contribution in [3.05, 3.63) is 47.5 Å². The Labute approximate surface area is 167 Å². The number of hydrogen-bond acceptors (Lipinski definition) is 4. The molecule has 4 heteroatoms. The number of fused-ring (bicyclic) bond motifs is 3. The highest BCUT2D eigenvalue weighted by Gasteiger charge is 2.32. The summed E-state index contributed by atoms with van der Waals surface area (Å²) in [6.45, 7) is 5.63. The third kappa shape index (κ3) is 3.79. The van der Waals surface area contributed by atoms with Crippen LogP contribution in [0, 0.1) is 5.92 Å². The summed E-state index contributed by atoms with van der Waals surface area (Å²) in [5, 5.41) is 3.41. The van der Waals surface area contributed by atoms with E-state index in [1.165, 1.54) is 6.42 Å². The minimum absolute atomic E-state index is 0.0431. The van der Waals surface area contributed by atoms with Crippen LogP contribution in [0.3, 0.4) is 0 Å². The van der Waals surface area contributed by atoms with Crippen LogP contribution in [0.15, 0.2) is 36.4 Å². The molecule has 2 aromatic carbocycles. The van der Waals surface area contributed by atoms with Gasteiger partial charge in [0.2, 0.25) is 0 Å². The zero-order chi connectivity index (χ0) is 19.3. The lowest BCUT2D eigenvalue weighted by atomic mass is 10.0. The Morgan fingerprint density at radius 1 is 1.00 bits per heavy atom. The molecule has 0 bridgehead atoms. The number of carbonyl (C=O) groups is 1. The minimum Gasteiger partial charge on any atom is -0.490 e. The van der Waals surface area contributed by atoms with Gasteiger partial charge >= 0.3 is 0 Å². The number of nitrogens with one attached hydrogen (secondary N) is 1. The number of benzene rings is 2. The Hall–Kier alpha value is -2.33. The van der Waals surface area contributed by atoms with Crippen molar-refractivity contribution >= 4 is 5.78 Å². The van der Waals surface area contributed by atoms with Crippen molar-refractivity contribution in [1.82, 2.24) is 5.32 Å². The Bertz CT molecular complexity index is 840. The van der Waals surface area contributed by atoms with Gasteiger partial charge in [-0.1, -0.05) is 37.6 Å². The largest absolute Gasteiger partial charge is 0.490 e. The summed E-state index contributed by atoms with van der Waals surface area (Å²) in [6.07, 6.45) is 5.45. The smallest absolute Gasteiger partial charge is 0.198 e. The summed E-state index contributed by atoms with van der Waals surface area (Å²) in [5.74, 6) is 2.10. The molecule has 1 N–H and O–H groups in total. The second kappa shape index (κ2) is 8.78. The topological polar surface area (TPSA) is 47.6 Å². The second-order valence-electron chi connectivity index (χ2n) is 7.74. The molecule has 1 aliphatic carbocycles. The Morgan fingerprint density at radius 3 is 2.61 bits per heavy atom. The molecular weight excluding hydrogens is 350 g/mol. The van der Waals surface area contributed by atoms with Crippen molar-refractivity contribution in [2.45, 2.75) is 39.0 Å². The summed E-state index contributed by atoms with van der Waals surface area (Å²) in [6, 6.07) is 11.7. The van der Waals surface area contributed by atoms with Crippen LogP contribution in [0.2, 0.25) is 0 Å². The van der Waals surface area contributed by atoms with E-state index in [9.17, 15) is 4.79 Å². The molecule has 2 aromatic rings. The zero-order valence-corrected chi connectivity index (χ0v) is 16.6. The first-order chi connectivity index (χ1) is 13.8. The maximum Gasteiger partial charge on any atom is 0.198 e. The average Bonchev–Trinajstić information content (AvgIpc) is 3.34. The fourth-order valence-corrected chi connectivity index (χ4v) is 4.15. The van der Waals surface area contributed by atoms with Gasteiger partial charge in [0.15, 0.2) is 17.3 Å². The third-order valence-corrected chi connectivity index (χ3v) is 5.73. The fourth-order valence-electron chi connectivity index (χ4n) is 4.15. The number of carbonyl (C=O) groups excluding carboxylic acids is 1. The molecule has 0 radical (unpaired) electrons. The van der Waals surface area contributed by atoms with E-state index < -0.39 is 0 Å². The number of unbranched alkanes of at least 4 members (excludes halogenated alkanes) is 1. The minimum atomic E-state index is 0.0431. The van der Waals surface area contributed by atoms with E-state index in [4.69, 9.17) is 9.47 Å². The van der Waals surface area contributed by atoms with E-state index in [1.807, 2.05) is 36.4 Å². The van der Waals surface area contributed by atoms with E-state index in [0.717, 1.165) is 61.4 Å². The normalized spacial score (nSPS) is 17.5. The van der Waals surface area contributed by atoms with Crippen LogP contribution in [0.5, 0.6) is 11.5 Å². The average molecular weight is 380 g/mol. The van der Waals surface area contributed by atoms with Gasteiger partial charge < -0.3 is 14.8 Å². The van der Waals surface area contributed by atoms with Crippen LogP contribution in [-0.2, 0) is 0 Å². The van der Waals surface area contributed by atoms with Gasteiger partial charge in [-0.25, -0.2) is 0 Å². The van der Waals surface area contributed by atoms with Gasteiger partial charge in [-0.3, -0.25) is 4.79 Å². The summed E-state index contributed by atoms with van der Waals surface area (Å²) in [5.41, 5.74) is 3.37. The van der Waals surface area contributed by atoms with Gasteiger partial charge in [-0.15, -0.1) is 0 Å². The van der Waals surface area contributed by atoms with E-state index in [2.05, 4.69) is 12.2 Å². The van der Waals surface area contributed by atoms with Crippen LogP contribution in [0.1, 0.15) is 54.9 Å². The number of rotatable bonds is 9. The lowest BCUT2D eigenvalue weighted by Crippen LogP contribution is -2.11. The zero-order valence-electron chi connectivity index (χ0n) is 16.6. The highest BCUT2D eigenvalue weighted by Crippen LogP contribution is 2.45. The van der Waals surface area contributed by atoms with Gasteiger partial charge in [-0.05, 0) is 68.0 Å². The van der Waals surface area contributed by atoms with Crippen LogP contribution in [-0.4, -0.2) is 32.1 Å². The van der Waals surface area contributed by atoms with Crippen molar-refractivity contribution in [2.24, 2.45) is 5.92 Å². The van der Waals surface area contributed by atoms with Crippen molar-refractivity contribution in [3.8, 4) is 22.6 Å².